The number of nitrogens with one attached hydrogen (secondary N) is 1. The quantitative estimate of drug-likeness (QED) is 0.926. The molecule has 0 atom stereocenters. The van der Waals surface area contributed by atoms with Gasteiger partial charge in [0, 0.05) is 18.6 Å². The summed E-state index contributed by atoms with van der Waals surface area (Å²) in [5.41, 5.74) is 1.54. The standard InChI is InChI=1S/C9H13BrN2O2S/c1-7-6-8(4-5-9(7)10)11-15(13,14)12(2)3/h4-6,11H,1-3H3. The van der Waals surface area contributed by atoms with Crippen molar-refractivity contribution in [2.45, 2.75) is 6.92 Å². The van der Waals surface area contributed by atoms with Gasteiger partial charge in [-0.15, -0.1) is 0 Å². The first kappa shape index (κ1) is 12.5. The molecule has 0 aliphatic rings. The van der Waals surface area contributed by atoms with Crippen LogP contribution in [0.15, 0.2) is 22.7 Å². The zero-order chi connectivity index (χ0) is 11.6. The molecule has 0 fully saturated rings. The largest absolute Gasteiger partial charge is 0.301 e. The lowest BCUT2D eigenvalue weighted by atomic mass is 10.2. The molecule has 0 amide bonds. The molecule has 1 N–H and O–H groups in total. The van der Waals surface area contributed by atoms with Gasteiger partial charge in [-0.1, -0.05) is 15.9 Å². The summed E-state index contributed by atoms with van der Waals surface area (Å²) >= 11 is 3.35. The third-order valence-electron chi connectivity index (χ3n) is 1.89. The summed E-state index contributed by atoms with van der Waals surface area (Å²) in [7, 11) is -0.452. The molecule has 1 aromatic rings. The maximum Gasteiger partial charge on any atom is 0.301 e. The minimum Gasteiger partial charge on any atom is -0.271 e. The normalized spacial score (nSPS) is 11.8. The van der Waals surface area contributed by atoms with E-state index in [4.69, 9.17) is 0 Å². The topological polar surface area (TPSA) is 49.4 Å². The minimum atomic E-state index is -3.41. The third-order valence-corrected chi connectivity index (χ3v) is 4.23. The lowest BCUT2D eigenvalue weighted by Crippen LogP contribution is -2.28. The molecule has 84 valence electrons. The molecule has 0 aromatic heterocycles. The Morgan fingerprint density at radius 3 is 2.40 bits per heavy atom. The van der Waals surface area contributed by atoms with Crippen LogP contribution in [0, 0.1) is 6.92 Å². The highest BCUT2D eigenvalue weighted by molar-refractivity contribution is 9.10. The van der Waals surface area contributed by atoms with Gasteiger partial charge in [0.05, 0.1) is 5.69 Å². The maximum absolute atomic E-state index is 11.5. The lowest BCUT2D eigenvalue weighted by molar-refractivity contribution is 0.527. The SMILES string of the molecule is Cc1cc(NS(=O)(=O)N(C)C)ccc1Br. The molecular formula is C9H13BrN2O2S. The summed E-state index contributed by atoms with van der Waals surface area (Å²) in [5, 5.41) is 0. The second kappa shape index (κ2) is 4.51. The Morgan fingerprint density at radius 1 is 1.33 bits per heavy atom. The van der Waals surface area contributed by atoms with E-state index in [-0.39, 0.29) is 0 Å². The van der Waals surface area contributed by atoms with Gasteiger partial charge in [0.25, 0.3) is 0 Å². The summed E-state index contributed by atoms with van der Waals surface area (Å²) in [6, 6.07) is 5.28. The number of hydrogen-bond acceptors (Lipinski definition) is 2. The molecule has 1 aromatic carbocycles. The average molecular weight is 293 g/mol. The van der Waals surface area contributed by atoms with Crippen LogP contribution in [0.2, 0.25) is 0 Å². The number of rotatable bonds is 3. The van der Waals surface area contributed by atoms with Crippen molar-refractivity contribution in [3.63, 3.8) is 0 Å². The molecule has 0 unspecified atom stereocenters. The highest BCUT2D eigenvalue weighted by Crippen LogP contribution is 2.20. The van der Waals surface area contributed by atoms with Gasteiger partial charge in [-0.25, -0.2) is 0 Å². The fourth-order valence-corrected chi connectivity index (χ4v) is 1.80. The molecule has 0 radical (unpaired) electrons. The van der Waals surface area contributed by atoms with Crippen LogP contribution in [0.4, 0.5) is 5.69 Å². The van der Waals surface area contributed by atoms with Gasteiger partial charge in [0.2, 0.25) is 0 Å². The Bertz CT molecular complexity index is 457. The molecular weight excluding hydrogens is 280 g/mol. The molecule has 4 nitrogen and oxygen atoms in total. The van der Waals surface area contributed by atoms with E-state index < -0.39 is 10.2 Å². The Kier molecular flexibility index (Phi) is 3.75. The van der Waals surface area contributed by atoms with E-state index in [0.29, 0.717) is 5.69 Å². The molecule has 1 rings (SSSR count). The predicted molar refractivity (Wildman–Crippen MR) is 65.1 cm³/mol. The number of benzene rings is 1. The Morgan fingerprint density at radius 2 is 1.93 bits per heavy atom. The van der Waals surface area contributed by atoms with Crippen LogP contribution in [-0.4, -0.2) is 26.8 Å². The second-order valence-corrected chi connectivity index (χ2v) is 6.09. The van der Waals surface area contributed by atoms with Crippen molar-refractivity contribution in [1.29, 1.82) is 0 Å². The van der Waals surface area contributed by atoms with Gasteiger partial charge in [-0.05, 0) is 30.7 Å². The first-order chi connectivity index (χ1) is 6.83. The minimum absolute atomic E-state index is 0.560. The van der Waals surface area contributed by atoms with E-state index in [9.17, 15) is 8.42 Å². The Labute approximate surface area is 98.6 Å². The molecule has 0 heterocycles. The summed E-state index contributed by atoms with van der Waals surface area (Å²) in [5.74, 6) is 0. The number of anilines is 1. The van der Waals surface area contributed by atoms with Gasteiger partial charge in [-0.3, -0.25) is 4.72 Å². The van der Waals surface area contributed by atoms with Crippen molar-refractivity contribution in [3.8, 4) is 0 Å². The molecule has 0 aliphatic carbocycles. The number of aryl methyl sites for hydroxylation is 1. The van der Waals surface area contributed by atoms with E-state index in [1.54, 1.807) is 12.1 Å². The van der Waals surface area contributed by atoms with Crippen LogP contribution < -0.4 is 4.72 Å². The van der Waals surface area contributed by atoms with Crippen LogP contribution >= 0.6 is 15.9 Å². The van der Waals surface area contributed by atoms with Crippen LogP contribution in [0.25, 0.3) is 0 Å². The van der Waals surface area contributed by atoms with Crippen molar-refractivity contribution >= 4 is 31.8 Å². The lowest BCUT2D eigenvalue weighted by Gasteiger charge is -2.13. The van der Waals surface area contributed by atoms with E-state index in [1.807, 2.05) is 13.0 Å². The number of halogens is 1. The van der Waals surface area contributed by atoms with Crippen LogP contribution in [0.3, 0.4) is 0 Å². The average Bonchev–Trinajstić information content (AvgIpc) is 2.10. The van der Waals surface area contributed by atoms with Gasteiger partial charge in [0.1, 0.15) is 0 Å². The molecule has 0 saturated heterocycles. The van der Waals surface area contributed by atoms with Crippen molar-refractivity contribution in [2.24, 2.45) is 0 Å². The molecule has 0 bridgehead atoms. The smallest absolute Gasteiger partial charge is 0.271 e. The summed E-state index contributed by atoms with van der Waals surface area (Å²) in [6.45, 7) is 1.90. The Hall–Kier alpha value is -0.590. The highest BCUT2D eigenvalue weighted by atomic mass is 79.9. The first-order valence-corrected chi connectivity index (χ1v) is 6.52. The fourth-order valence-electron chi connectivity index (χ4n) is 0.948. The number of nitrogens with zero attached hydrogens (tertiary/aromatic N) is 1. The van der Waals surface area contributed by atoms with Crippen molar-refractivity contribution in [3.05, 3.63) is 28.2 Å². The summed E-state index contributed by atoms with van der Waals surface area (Å²) in [6.07, 6.45) is 0. The van der Waals surface area contributed by atoms with E-state index in [1.165, 1.54) is 14.1 Å². The summed E-state index contributed by atoms with van der Waals surface area (Å²) < 4.78 is 27.5. The maximum atomic E-state index is 11.5. The van der Waals surface area contributed by atoms with Crippen molar-refractivity contribution in [2.75, 3.05) is 18.8 Å². The molecule has 6 heteroatoms. The van der Waals surface area contributed by atoms with Gasteiger partial charge >= 0.3 is 10.2 Å². The van der Waals surface area contributed by atoms with Crippen LogP contribution in [0.5, 0.6) is 0 Å². The fraction of sp³-hybridized carbons (Fsp3) is 0.333. The molecule has 0 saturated carbocycles. The van der Waals surface area contributed by atoms with Gasteiger partial charge in [-0.2, -0.15) is 12.7 Å². The zero-order valence-corrected chi connectivity index (χ0v) is 11.2. The van der Waals surface area contributed by atoms with E-state index >= 15 is 0 Å². The van der Waals surface area contributed by atoms with Crippen LogP contribution in [0.1, 0.15) is 5.56 Å². The molecule has 0 spiro atoms. The van der Waals surface area contributed by atoms with Crippen molar-refractivity contribution < 1.29 is 8.42 Å². The van der Waals surface area contributed by atoms with Crippen molar-refractivity contribution in [1.82, 2.24) is 4.31 Å². The highest BCUT2D eigenvalue weighted by Gasteiger charge is 2.12. The van der Waals surface area contributed by atoms with Crippen LogP contribution in [-0.2, 0) is 10.2 Å². The van der Waals surface area contributed by atoms with Gasteiger partial charge < -0.3 is 0 Å². The summed E-state index contributed by atoms with van der Waals surface area (Å²) in [4.78, 5) is 0. The first-order valence-electron chi connectivity index (χ1n) is 4.29. The number of hydrogen-bond donors (Lipinski definition) is 1. The second-order valence-electron chi connectivity index (χ2n) is 3.35. The van der Waals surface area contributed by atoms with E-state index in [2.05, 4.69) is 20.7 Å². The molecule has 0 aliphatic heterocycles. The zero-order valence-electron chi connectivity index (χ0n) is 8.78. The Balaban J connectivity index is 2.96. The third kappa shape index (κ3) is 3.19. The molecule has 15 heavy (non-hydrogen) atoms. The predicted octanol–water partition coefficient (Wildman–Crippen LogP) is 1.98. The van der Waals surface area contributed by atoms with Gasteiger partial charge in [0.15, 0.2) is 0 Å². The van der Waals surface area contributed by atoms with E-state index in [0.717, 1.165) is 14.3 Å². The monoisotopic (exact) mass is 292 g/mol.